The molecular formula is C34H29Cl4F2N9O10S3. The van der Waals surface area contributed by atoms with Crippen LogP contribution in [0.25, 0.3) is 0 Å². The van der Waals surface area contributed by atoms with Crippen molar-refractivity contribution in [2.45, 2.75) is 14.7 Å². The van der Waals surface area contributed by atoms with Crippen molar-refractivity contribution >= 4 is 93.9 Å². The minimum atomic E-state index is -4.16. The number of halogens is 6. The predicted octanol–water partition coefficient (Wildman–Crippen LogP) is 6.76. The normalized spacial score (nSPS) is 11.1. The van der Waals surface area contributed by atoms with Crippen molar-refractivity contribution in [2.75, 3.05) is 42.6 Å². The third-order valence-electron chi connectivity index (χ3n) is 7.16. The lowest BCUT2D eigenvalue weighted by atomic mass is 10.3. The number of methoxy groups -OCH3 is 4. The van der Waals surface area contributed by atoms with Crippen LogP contribution in [0.5, 0.6) is 23.4 Å². The second-order valence-electron chi connectivity index (χ2n) is 11.1. The van der Waals surface area contributed by atoms with E-state index >= 15 is 0 Å². The van der Waals surface area contributed by atoms with Crippen LogP contribution in [0, 0.1) is 11.6 Å². The molecule has 3 aromatic carbocycles. The Morgan fingerprint density at radius 3 is 1.26 bits per heavy atom. The van der Waals surface area contributed by atoms with Crippen LogP contribution in [0.15, 0.2) is 100 Å². The topological polar surface area (TPSA) is 253 Å². The largest absolute Gasteiger partial charge is 0.495 e. The maximum absolute atomic E-state index is 13.4. The molecule has 0 amide bonds. The van der Waals surface area contributed by atoms with Gasteiger partial charge in [-0.05, 0) is 36.4 Å². The first kappa shape index (κ1) is 49.0. The van der Waals surface area contributed by atoms with Crippen molar-refractivity contribution < 1.29 is 53.0 Å². The molecule has 3 heterocycles. The van der Waals surface area contributed by atoms with Gasteiger partial charge in [0, 0.05) is 24.8 Å². The zero-order valence-electron chi connectivity index (χ0n) is 31.8. The van der Waals surface area contributed by atoms with Gasteiger partial charge in [0.1, 0.15) is 37.1 Å². The molecule has 0 aliphatic carbocycles. The predicted molar refractivity (Wildman–Crippen MR) is 224 cm³/mol. The smallest absolute Gasteiger partial charge is 0.264 e. The van der Waals surface area contributed by atoms with Gasteiger partial charge >= 0.3 is 0 Å². The van der Waals surface area contributed by atoms with Gasteiger partial charge in [-0.15, -0.1) is 0 Å². The van der Waals surface area contributed by atoms with Crippen molar-refractivity contribution in [3.05, 3.63) is 117 Å². The molecule has 3 N–H and O–H groups in total. The lowest BCUT2D eigenvalue weighted by Crippen LogP contribution is -2.16. The number of nitrogens with zero attached hydrogens (tertiary/aromatic N) is 6. The Kier molecular flexibility index (Phi) is 17.0. The van der Waals surface area contributed by atoms with Crippen LogP contribution in [0.2, 0.25) is 20.2 Å². The summed E-state index contributed by atoms with van der Waals surface area (Å²) in [7, 11) is -6.87. The van der Waals surface area contributed by atoms with Crippen molar-refractivity contribution in [3.8, 4) is 23.4 Å². The zero-order valence-corrected chi connectivity index (χ0v) is 37.3. The summed E-state index contributed by atoms with van der Waals surface area (Å²) in [4.78, 5) is 21.9. The molecule has 0 radical (unpaired) electrons. The molecule has 0 bridgehead atoms. The van der Waals surface area contributed by atoms with E-state index in [2.05, 4.69) is 44.1 Å². The van der Waals surface area contributed by atoms with Crippen molar-refractivity contribution in [1.82, 2.24) is 29.9 Å². The van der Waals surface area contributed by atoms with Gasteiger partial charge in [-0.1, -0.05) is 64.6 Å². The van der Waals surface area contributed by atoms with E-state index in [0.29, 0.717) is 0 Å². The number of anilines is 3. The Bertz CT molecular complexity index is 2900. The highest BCUT2D eigenvalue weighted by atomic mass is 35.5. The van der Waals surface area contributed by atoms with Gasteiger partial charge in [-0.25, -0.2) is 59.0 Å². The average Bonchev–Trinajstić information content (AvgIpc) is 3.23. The average molecular weight is 1000 g/mol. The van der Waals surface area contributed by atoms with Gasteiger partial charge in [0.25, 0.3) is 47.7 Å². The van der Waals surface area contributed by atoms with Crippen molar-refractivity contribution in [3.63, 3.8) is 0 Å². The van der Waals surface area contributed by atoms with Crippen LogP contribution in [0.4, 0.5) is 26.2 Å². The molecule has 28 heteroatoms. The first-order chi connectivity index (χ1) is 29.3. The monoisotopic (exact) mass is 997 g/mol. The van der Waals surface area contributed by atoms with Crippen LogP contribution < -0.4 is 33.1 Å². The molecule has 62 heavy (non-hydrogen) atoms. The fourth-order valence-corrected chi connectivity index (χ4v) is 9.22. The molecule has 0 spiro atoms. The second-order valence-corrected chi connectivity index (χ2v) is 17.5. The maximum Gasteiger partial charge on any atom is 0.264 e. The number of nitrogens with one attached hydrogen (secondary N) is 3. The number of ether oxygens (including phenoxy) is 4. The van der Waals surface area contributed by atoms with Crippen LogP contribution in [0.3, 0.4) is 0 Å². The summed E-state index contributed by atoms with van der Waals surface area (Å²) in [6.07, 6.45) is 6.48. The molecule has 0 fully saturated rings. The van der Waals surface area contributed by atoms with Gasteiger partial charge in [0.05, 0.1) is 44.7 Å². The Balaban J connectivity index is 0.000000205. The number of hydrogen-bond donors (Lipinski definition) is 3. The zero-order chi connectivity index (χ0) is 45.8. The maximum atomic E-state index is 13.4. The summed E-state index contributed by atoms with van der Waals surface area (Å²) in [6, 6.07) is 11.3. The van der Waals surface area contributed by atoms with E-state index < -0.39 is 61.5 Å². The first-order valence-corrected chi connectivity index (χ1v) is 22.3. The number of rotatable bonds is 13. The number of benzene rings is 3. The molecule has 330 valence electrons. The SMILES string of the molecule is COc1cccc(S(=O)(=O)Nc2nccnc2OC)c1Cl.COc1nc(Cl)cnc1NS(=O)(=O)c1cccc(F)c1Cl.COc1nccnc1NS(=O)(=O)c1cccc(F)c1Cl. The first-order valence-electron chi connectivity index (χ1n) is 16.4. The van der Waals surface area contributed by atoms with E-state index in [4.69, 9.17) is 65.4 Å². The quantitative estimate of drug-likeness (QED) is 0.108. The fourth-order valence-electron chi connectivity index (χ4n) is 4.44. The molecule has 6 rings (SSSR count). The van der Waals surface area contributed by atoms with Crippen LogP contribution in [0.1, 0.15) is 0 Å². The minimum absolute atomic E-state index is 0.0106. The summed E-state index contributed by atoms with van der Waals surface area (Å²) in [6.45, 7) is 0. The molecule has 0 atom stereocenters. The molecule has 0 aliphatic rings. The van der Waals surface area contributed by atoms with E-state index in [1.807, 2.05) is 0 Å². The Labute approximate surface area is 372 Å². The molecule has 6 aromatic rings. The standard InChI is InChI=1S/C12H12ClN3O4S.C11H8Cl2FN3O3S.C11H9ClFN3O3S/c1-19-8-4-3-5-9(10(8)13)21(17,18)16-11-12(20-2)15-7-6-14-11;1-20-11-10(15-5-8(12)16-11)17-21(18,19)7-4-2-3-6(14)9(7)13;1-19-11-10(14-5-6-15-11)16-20(17,18)8-4-2-3-7(13)9(8)12/h3-7H,1-2H3,(H,14,16);2-5H,1H3,(H,15,17);2-6H,1H3,(H,14,16). The summed E-state index contributed by atoms with van der Waals surface area (Å²) in [5.41, 5.74) is 0. The molecule has 3 aromatic heterocycles. The molecule has 0 saturated heterocycles. The fraction of sp³-hybridized carbons (Fsp3) is 0.118. The Hall–Kier alpha value is -5.63. The van der Waals surface area contributed by atoms with E-state index in [9.17, 15) is 34.0 Å². The van der Waals surface area contributed by atoms with Gasteiger partial charge in [0.15, 0.2) is 5.15 Å². The van der Waals surface area contributed by atoms with E-state index in [-0.39, 0.29) is 55.9 Å². The number of sulfonamides is 3. The lowest BCUT2D eigenvalue weighted by Gasteiger charge is -2.12. The molecular weight excluding hydrogens is 970 g/mol. The van der Waals surface area contributed by atoms with Gasteiger partial charge in [0.2, 0.25) is 17.5 Å². The van der Waals surface area contributed by atoms with Gasteiger partial charge in [-0.2, -0.15) is 4.98 Å². The highest BCUT2D eigenvalue weighted by Gasteiger charge is 2.25. The van der Waals surface area contributed by atoms with Gasteiger partial charge < -0.3 is 18.9 Å². The third kappa shape index (κ3) is 12.3. The minimum Gasteiger partial charge on any atom is -0.495 e. The summed E-state index contributed by atoms with van der Waals surface area (Å²) < 4.78 is 126. The van der Waals surface area contributed by atoms with E-state index in [0.717, 1.165) is 24.4 Å². The Morgan fingerprint density at radius 1 is 0.484 bits per heavy atom. The van der Waals surface area contributed by atoms with Gasteiger partial charge in [-0.3, -0.25) is 14.2 Å². The summed E-state index contributed by atoms with van der Waals surface area (Å²) >= 11 is 23.0. The van der Waals surface area contributed by atoms with Crippen molar-refractivity contribution in [2.24, 2.45) is 0 Å². The number of hydrogen-bond acceptors (Lipinski definition) is 16. The summed E-state index contributed by atoms with van der Waals surface area (Å²) in [5.74, 6) is -1.85. The van der Waals surface area contributed by atoms with Crippen LogP contribution in [-0.2, 0) is 30.1 Å². The number of aromatic nitrogens is 6. The van der Waals surface area contributed by atoms with E-state index in [1.165, 1.54) is 83.6 Å². The second kappa shape index (κ2) is 21.4. The third-order valence-corrected chi connectivity index (χ3v) is 13.0. The molecule has 0 aliphatic heterocycles. The molecule has 0 unspecified atom stereocenters. The molecule has 0 saturated carbocycles. The Morgan fingerprint density at radius 2 is 0.855 bits per heavy atom. The highest BCUT2D eigenvalue weighted by molar-refractivity contribution is 7.93. The van der Waals surface area contributed by atoms with Crippen molar-refractivity contribution in [1.29, 1.82) is 0 Å². The molecule has 19 nitrogen and oxygen atoms in total. The van der Waals surface area contributed by atoms with Crippen LogP contribution >= 0.6 is 46.4 Å². The lowest BCUT2D eigenvalue weighted by molar-refractivity contribution is 0.398. The van der Waals surface area contributed by atoms with Crippen LogP contribution in [-0.4, -0.2) is 83.6 Å². The van der Waals surface area contributed by atoms with E-state index in [1.54, 1.807) is 6.07 Å². The highest BCUT2D eigenvalue weighted by Crippen LogP contribution is 2.33. The summed E-state index contributed by atoms with van der Waals surface area (Å²) in [5, 5.41) is -1.01.